The van der Waals surface area contributed by atoms with E-state index in [0.717, 1.165) is 10.6 Å². The van der Waals surface area contributed by atoms with E-state index < -0.39 is 11.6 Å². The molecule has 0 aliphatic heterocycles. The number of nitrogens with one attached hydrogen (secondary N) is 1. The van der Waals surface area contributed by atoms with Gasteiger partial charge in [-0.2, -0.15) is 0 Å². The topological polar surface area (TPSA) is 34.1 Å². The van der Waals surface area contributed by atoms with E-state index in [1.54, 1.807) is 12.6 Å². The van der Waals surface area contributed by atoms with Gasteiger partial charge in [0.2, 0.25) is 0 Å². The molecule has 1 N–H and O–H groups in total. The summed E-state index contributed by atoms with van der Waals surface area (Å²) in [6, 6.07) is 2.57. The van der Waals surface area contributed by atoms with Gasteiger partial charge in [0.05, 0.1) is 17.8 Å². The van der Waals surface area contributed by atoms with Crippen LogP contribution in [0.5, 0.6) is 5.75 Å². The molecule has 1 heterocycles. The first kappa shape index (κ1) is 14.9. The van der Waals surface area contributed by atoms with Crippen molar-refractivity contribution in [3.63, 3.8) is 0 Å². The van der Waals surface area contributed by atoms with Gasteiger partial charge in [-0.3, -0.25) is 0 Å². The number of rotatable bonds is 6. The van der Waals surface area contributed by atoms with E-state index in [1.165, 1.54) is 23.5 Å². The highest BCUT2D eigenvalue weighted by Crippen LogP contribution is 2.24. The van der Waals surface area contributed by atoms with Crippen molar-refractivity contribution < 1.29 is 13.5 Å². The fourth-order valence-corrected chi connectivity index (χ4v) is 2.63. The molecule has 0 saturated heterocycles. The molecule has 0 saturated carbocycles. The average Bonchev–Trinajstić information content (AvgIpc) is 2.79. The molecule has 0 radical (unpaired) electrons. The summed E-state index contributed by atoms with van der Waals surface area (Å²) in [5.41, 5.74) is 3.23. The maximum Gasteiger partial charge on any atom is 0.190 e. The molecule has 0 bridgehead atoms. The minimum Gasteiger partial charge on any atom is -0.487 e. The summed E-state index contributed by atoms with van der Waals surface area (Å²) < 4.78 is 32.8. The second-order valence-corrected chi connectivity index (χ2v) is 5.32. The minimum atomic E-state index is -0.670. The van der Waals surface area contributed by atoms with Crippen molar-refractivity contribution >= 4 is 11.3 Å². The molecule has 0 amide bonds. The van der Waals surface area contributed by atoms with E-state index in [-0.39, 0.29) is 12.4 Å². The van der Waals surface area contributed by atoms with E-state index in [9.17, 15) is 8.78 Å². The van der Waals surface area contributed by atoms with Crippen LogP contribution in [0.15, 0.2) is 17.6 Å². The first-order valence-electron chi connectivity index (χ1n) is 6.26. The van der Waals surface area contributed by atoms with Crippen molar-refractivity contribution in [2.75, 3.05) is 13.7 Å². The number of benzene rings is 1. The molecule has 0 aliphatic carbocycles. The Morgan fingerprint density at radius 3 is 2.55 bits per heavy atom. The van der Waals surface area contributed by atoms with Gasteiger partial charge in [-0.05, 0) is 31.7 Å². The fraction of sp³-hybridized carbons (Fsp3) is 0.357. The predicted molar refractivity (Wildman–Crippen MR) is 75.2 cm³/mol. The molecule has 0 fully saturated rings. The van der Waals surface area contributed by atoms with Gasteiger partial charge in [0.25, 0.3) is 0 Å². The third-order valence-corrected chi connectivity index (χ3v) is 3.85. The third kappa shape index (κ3) is 3.52. The normalized spacial score (nSPS) is 10.8. The first-order valence-corrected chi connectivity index (χ1v) is 7.14. The molecule has 0 atom stereocenters. The second kappa shape index (κ2) is 6.76. The van der Waals surface area contributed by atoms with Gasteiger partial charge in [-0.25, -0.2) is 13.8 Å². The van der Waals surface area contributed by atoms with Crippen molar-refractivity contribution in [1.82, 2.24) is 10.3 Å². The molecule has 2 rings (SSSR count). The quantitative estimate of drug-likeness (QED) is 0.890. The Kier molecular flexibility index (Phi) is 5.03. The highest BCUT2D eigenvalue weighted by molar-refractivity contribution is 7.09. The molecule has 20 heavy (non-hydrogen) atoms. The highest BCUT2D eigenvalue weighted by Gasteiger charge is 2.13. The summed E-state index contributed by atoms with van der Waals surface area (Å²) in [6.45, 7) is 2.54. The van der Waals surface area contributed by atoms with Gasteiger partial charge in [0.1, 0.15) is 0 Å². The smallest absolute Gasteiger partial charge is 0.190 e. The molecular weight excluding hydrogens is 282 g/mol. The Morgan fingerprint density at radius 1 is 1.30 bits per heavy atom. The maximum absolute atomic E-state index is 13.8. The summed E-state index contributed by atoms with van der Waals surface area (Å²) in [4.78, 5) is 5.18. The molecular formula is C14H16F2N2OS. The van der Waals surface area contributed by atoms with Gasteiger partial charge in [-0.15, -0.1) is 11.3 Å². The SMILES string of the molecule is CNCc1cc(F)c(OCCc2scnc2C)c(F)c1. The van der Waals surface area contributed by atoms with Crippen LogP contribution in [-0.2, 0) is 13.0 Å². The summed E-state index contributed by atoms with van der Waals surface area (Å²) in [7, 11) is 1.72. The largest absolute Gasteiger partial charge is 0.487 e. The zero-order chi connectivity index (χ0) is 14.5. The van der Waals surface area contributed by atoms with E-state index in [2.05, 4.69) is 10.3 Å². The third-order valence-electron chi connectivity index (χ3n) is 2.86. The number of aryl methyl sites for hydroxylation is 1. The molecule has 1 aromatic carbocycles. The summed E-state index contributed by atoms with van der Waals surface area (Å²) in [5.74, 6) is -1.65. The molecule has 1 aromatic heterocycles. The number of thiazole rings is 1. The second-order valence-electron chi connectivity index (χ2n) is 4.38. The lowest BCUT2D eigenvalue weighted by molar-refractivity contribution is 0.288. The first-order chi connectivity index (χ1) is 9.61. The molecule has 0 aliphatic rings. The summed E-state index contributed by atoms with van der Waals surface area (Å²) in [5, 5.41) is 2.85. The van der Waals surface area contributed by atoms with Crippen LogP contribution in [0.4, 0.5) is 8.78 Å². The summed E-state index contributed by atoms with van der Waals surface area (Å²) in [6.07, 6.45) is 0.591. The number of hydrogen-bond acceptors (Lipinski definition) is 4. The van der Waals surface area contributed by atoms with E-state index in [0.29, 0.717) is 18.5 Å². The van der Waals surface area contributed by atoms with Crippen LogP contribution in [0.25, 0.3) is 0 Å². The van der Waals surface area contributed by atoms with Crippen LogP contribution in [0.1, 0.15) is 16.1 Å². The van der Waals surface area contributed by atoms with Crippen LogP contribution in [-0.4, -0.2) is 18.6 Å². The molecule has 6 heteroatoms. The number of halogens is 2. The van der Waals surface area contributed by atoms with E-state index in [4.69, 9.17) is 4.74 Å². The fourth-order valence-electron chi connectivity index (χ4n) is 1.87. The lowest BCUT2D eigenvalue weighted by atomic mass is 10.2. The Balaban J connectivity index is 2.01. The van der Waals surface area contributed by atoms with Gasteiger partial charge < -0.3 is 10.1 Å². The Bertz CT molecular complexity index is 563. The Hall–Kier alpha value is -1.53. The molecule has 0 spiro atoms. The summed E-state index contributed by atoms with van der Waals surface area (Å²) >= 11 is 1.52. The van der Waals surface area contributed by atoms with E-state index in [1.807, 2.05) is 6.92 Å². The van der Waals surface area contributed by atoms with Crippen LogP contribution < -0.4 is 10.1 Å². The van der Waals surface area contributed by atoms with Crippen molar-refractivity contribution in [3.05, 3.63) is 45.4 Å². The maximum atomic E-state index is 13.8. The van der Waals surface area contributed by atoms with Crippen LogP contribution in [0.2, 0.25) is 0 Å². The van der Waals surface area contributed by atoms with Crippen molar-refractivity contribution in [3.8, 4) is 5.75 Å². The standard InChI is InChI=1S/C14H16F2N2OS/c1-9-13(20-8-18-9)3-4-19-14-11(15)5-10(7-17-2)6-12(14)16/h5-6,8,17H,3-4,7H2,1-2H3. The van der Waals surface area contributed by atoms with Crippen LogP contribution in [0.3, 0.4) is 0 Å². The molecule has 108 valence electrons. The van der Waals surface area contributed by atoms with Crippen LogP contribution in [0, 0.1) is 18.6 Å². The van der Waals surface area contributed by atoms with Gasteiger partial charge in [0.15, 0.2) is 17.4 Å². The molecule has 2 aromatic rings. The lowest BCUT2D eigenvalue weighted by Gasteiger charge is -2.10. The zero-order valence-electron chi connectivity index (χ0n) is 11.4. The lowest BCUT2D eigenvalue weighted by Crippen LogP contribution is -2.08. The number of hydrogen-bond donors (Lipinski definition) is 1. The number of aromatic nitrogens is 1. The monoisotopic (exact) mass is 298 g/mol. The molecule has 3 nitrogen and oxygen atoms in total. The molecule has 0 unspecified atom stereocenters. The predicted octanol–water partition coefficient (Wildman–Crippen LogP) is 3.07. The van der Waals surface area contributed by atoms with Crippen molar-refractivity contribution in [2.24, 2.45) is 0 Å². The Morgan fingerprint density at radius 2 is 2.00 bits per heavy atom. The Labute approximate surface area is 120 Å². The van der Waals surface area contributed by atoms with Gasteiger partial charge in [0, 0.05) is 17.8 Å². The van der Waals surface area contributed by atoms with Crippen molar-refractivity contribution in [1.29, 1.82) is 0 Å². The number of nitrogens with zero attached hydrogens (tertiary/aromatic N) is 1. The highest BCUT2D eigenvalue weighted by atomic mass is 32.1. The number of ether oxygens (including phenoxy) is 1. The van der Waals surface area contributed by atoms with Gasteiger partial charge >= 0.3 is 0 Å². The minimum absolute atomic E-state index is 0.224. The average molecular weight is 298 g/mol. The van der Waals surface area contributed by atoms with Crippen LogP contribution >= 0.6 is 11.3 Å². The van der Waals surface area contributed by atoms with Crippen molar-refractivity contribution in [2.45, 2.75) is 19.9 Å². The zero-order valence-corrected chi connectivity index (χ0v) is 12.2. The van der Waals surface area contributed by atoms with E-state index >= 15 is 0 Å². The van der Waals surface area contributed by atoms with Gasteiger partial charge in [-0.1, -0.05) is 0 Å².